The molecule has 0 saturated carbocycles. The molecule has 0 unspecified atom stereocenters. The van der Waals surface area contributed by atoms with Gasteiger partial charge in [-0.1, -0.05) is 18.2 Å². The predicted molar refractivity (Wildman–Crippen MR) is 119 cm³/mol. The van der Waals surface area contributed by atoms with Crippen LogP contribution in [0.15, 0.2) is 53.6 Å². The number of amides is 1. The lowest BCUT2D eigenvalue weighted by Gasteiger charge is -2.36. The third kappa shape index (κ3) is 4.98. The molecule has 0 saturated heterocycles. The van der Waals surface area contributed by atoms with Crippen LogP contribution in [0.5, 0.6) is 0 Å². The highest BCUT2D eigenvalue weighted by atomic mass is 32.1. The van der Waals surface area contributed by atoms with Crippen molar-refractivity contribution in [1.29, 1.82) is 0 Å². The smallest absolute Gasteiger partial charge is 0.286 e. The number of thiophene rings is 1. The van der Waals surface area contributed by atoms with Gasteiger partial charge in [0.25, 0.3) is 5.91 Å². The number of aromatic amines is 1. The Labute approximate surface area is 185 Å². The lowest BCUT2D eigenvalue weighted by atomic mass is 9.84. The van der Waals surface area contributed by atoms with E-state index in [1.54, 1.807) is 11.3 Å². The Balaban J connectivity index is 1.52. The van der Waals surface area contributed by atoms with Crippen LogP contribution >= 0.6 is 11.3 Å². The largest absolute Gasteiger partial charge is 0.459 e. The third-order valence-corrected chi connectivity index (χ3v) is 6.34. The fourth-order valence-corrected chi connectivity index (χ4v) is 4.79. The molecule has 0 radical (unpaired) electrons. The van der Waals surface area contributed by atoms with Crippen LogP contribution in [-0.4, -0.2) is 40.5 Å². The zero-order valence-electron chi connectivity index (χ0n) is 17.4. The van der Waals surface area contributed by atoms with Crippen molar-refractivity contribution < 1.29 is 19.4 Å². The summed E-state index contributed by atoms with van der Waals surface area (Å²) < 4.78 is 11.9. The molecule has 3 atom stereocenters. The maximum Gasteiger partial charge on any atom is 0.286 e. The molecule has 7 nitrogen and oxygen atoms in total. The van der Waals surface area contributed by atoms with Gasteiger partial charge in [0.1, 0.15) is 5.82 Å². The number of H-pyrrole nitrogens is 1. The maximum absolute atomic E-state index is 12.9. The van der Waals surface area contributed by atoms with E-state index in [1.807, 2.05) is 48.7 Å². The number of hydrogen-bond donors (Lipinski definition) is 3. The highest BCUT2D eigenvalue weighted by Crippen LogP contribution is 2.40. The zero-order chi connectivity index (χ0) is 21.6. The minimum atomic E-state index is -0.541. The number of aromatic nitrogens is 2. The van der Waals surface area contributed by atoms with E-state index in [2.05, 4.69) is 21.4 Å². The van der Waals surface area contributed by atoms with Crippen LogP contribution in [-0.2, 0) is 20.8 Å². The molecule has 1 aliphatic heterocycles. The van der Waals surface area contributed by atoms with Crippen molar-refractivity contribution in [3.05, 3.63) is 64.3 Å². The average Bonchev–Trinajstić information content (AvgIpc) is 3.46. The van der Waals surface area contributed by atoms with E-state index in [0.29, 0.717) is 18.9 Å². The SMILES string of the molecule is CCO[C@H]1OC(C(=O)NCc2nc3ccccc3[nH]2)=C[C@@H](c2cccs2)[C@H]1CCCO. The maximum atomic E-state index is 12.9. The molecule has 0 fully saturated rings. The van der Waals surface area contributed by atoms with Crippen LogP contribution in [0.3, 0.4) is 0 Å². The van der Waals surface area contributed by atoms with Crippen LogP contribution in [0, 0.1) is 5.92 Å². The number of allylic oxidation sites excluding steroid dienone is 1. The van der Waals surface area contributed by atoms with Gasteiger partial charge in [-0.05, 0) is 49.4 Å². The number of ether oxygens (including phenoxy) is 2. The molecule has 3 aromatic rings. The Morgan fingerprint density at radius 3 is 2.94 bits per heavy atom. The molecule has 0 bridgehead atoms. The number of benzene rings is 1. The van der Waals surface area contributed by atoms with Gasteiger partial charge in [-0.25, -0.2) is 4.98 Å². The van der Waals surface area contributed by atoms with E-state index in [1.165, 1.54) is 0 Å². The number of rotatable bonds is 9. The molecule has 31 heavy (non-hydrogen) atoms. The molecular weight excluding hydrogens is 414 g/mol. The van der Waals surface area contributed by atoms with Crippen molar-refractivity contribution in [1.82, 2.24) is 15.3 Å². The van der Waals surface area contributed by atoms with Crippen LogP contribution in [0.2, 0.25) is 0 Å². The summed E-state index contributed by atoms with van der Waals surface area (Å²) in [6.07, 6.45) is 2.74. The van der Waals surface area contributed by atoms with Gasteiger partial charge in [0.05, 0.1) is 17.6 Å². The van der Waals surface area contributed by atoms with Crippen LogP contribution in [0.1, 0.15) is 36.4 Å². The molecule has 8 heteroatoms. The second-order valence-electron chi connectivity index (χ2n) is 7.43. The summed E-state index contributed by atoms with van der Waals surface area (Å²) in [5, 5.41) is 14.3. The number of imidazole rings is 1. The number of hydrogen-bond acceptors (Lipinski definition) is 6. The Morgan fingerprint density at radius 1 is 1.32 bits per heavy atom. The highest BCUT2D eigenvalue weighted by molar-refractivity contribution is 7.10. The van der Waals surface area contributed by atoms with Crippen molar-refractivity contribution >= 4 is 28.3 Å². The van der Waals surface area contributed by atoms with Gasteiger partial charge < -0.3 is 24.9 Å². The standard InChI is InChI=1S/C23H27N3O4S/c1-2-29-23-15(7-5-11-27)16(20-10-6-12-31-20)13-19(30-23)22(28)24-14-21-25-17-8-3-4-9-18(17)26-21/h3-4,6,8-10,12-13,15-16,23,27H,2,5,7,11,14H2,1H3,(H,24,28)(H,25,26)/t15-,16-,23+/m1/s1. The number of nitrogens with one attached hydrogen (secondary N) is 2. The van der Waals surface area contributed by atoms with Gasteiger partial charge in [0.2, 0.25) is 6.29 Å². The summed E-state index contributed by atoms with van der Waals surface area (Å²) >= 11 is 1.65. The fourth-order valence-electron chi connectivity index (χ4n) is 3.92. The number of nitrogens with zero attached hydrogens (tertiary/aromatic N) is 1. The summed E-state index contributed by atoms with van der Waals surface area (Å²) in [4.78, 5) is 21.8. The predicted octanol–water partition coefficient (Wildman–Crippen LogP) is 3.69. The first kappa shape index (κ1) is 21.5. The average molecular weight is 442 g/mol. The number of para-hydroxylation sites is 2. The second kappa shape index (κ2) is 10.1. The molecule has 3 N–H and O–H groups in total. The lowest BCUT2D eigenvalue weighted by Crippen LogP contribution is -2.38. The Kier molecular flexibility index (Phi) is 7.01. The minimum Gasteiger partial charge on any atom is -0.459 e. The number of fused-ring (bicyclic) bond motifs is 1. The summed E-state index contributed by atoms with van der Waals surface area (Å²) in [6.45, 7) is 2.77. The molecule has 4 rings (SSSR count). The van der Waals surface area contributed by atoms with Gasteiger partial charge in [-0.15, -0.1) is 11.3 Å². The number of carbonyl (C=O) groups is 1. The molecule has 0 aliphatic carbocycles. The zero-order valence-corrected chi connectivity index (χ0v) is 18.2. The number of aliphatic hydroxyl groups excluding tert-OH is 1. The van der Waals surface area contributed by atoms with Crippen molar-refractivity contribution in [2.45, 2.75) is 38.5 Å². The quantitative estimate of drug-likeness (QED) is 0.471. The Morgan fingerprint density at radius 2 is 2.19 bits per heavy atom. The first-order chi connectivity index (χ1) is 15.2. The first-order valence-corrected chi connectivity index (χ1v) is 11.4. The fraction of sp³-hybridized carbons (Fsp3) is 0.391. The van der Waals surface area contributed by atoms with E-state index < -0.39 is 6.29 Å². The lowest BCUT2D eigenvalue weighted by molar-refractivity contribution is -0.166. The third-order valence-electron chi connectivity index (χ3n) is 5.36. The topological polar surface area (TPSA) is 96.5 Å². The monoisotopic (exact) mass is 441 g/mol. The van der Waals surface area contributed by atoms with Crippen LogP contribution < -0.4 is 5.32 Å². The summed E-state index contributed by atoms with van der Waals surface area (Å²) in [5.41, 5.74) is 1.79. The molecule has 0 spiro atoms. The Hall–Kier alpha value is -2.68. The molecule has 2 aromatic heterocycles. The van der Waals surface area contributed by atoms with E-state index in [0.717, 1.165) is 22.3 Å². The minimum absolute atomic E-state index is 0.0104. The summed E-state index contributed by atoms with van der Waals surface area (Å²) in [5.74, 6) is 0.657. The van der Waals surface area contributed by atoms with Gasteiger partial charge in [-0.2, -0.15) is 0 Å². The van der Waals surface area contributed by atoms with Crippen molar-refractivity contribution in [2.75, 3.05) is 13.2 Å². The Bertz CT molecular complexity index is 998. The molecule has 3 heterocycles. The highest BCUT2D eigenvalue weighted by Gasteiger charge is 2.38. The van der Waals surface area contributed by atoms with Crippen LogP contribution in [0.25, 0.3) is 11.0 Å². The van der Waals surface area contributed by atoms with Crippen molar-refractivity contribution in [3.8, 4) is 0 Å². The van der Waals surface area contributed by atoms with Crippen molar-refractivity contribution in [2.24, 2.45) is 5.92 Å². The molecular formula is C23H27N3O4S. The number of aliphatic hydroxyl groups is 1. The molecule has 1 amide bonds. The molecule has 164 valence electrons. The molecule has 1 aromatic carbocycles. The second-order valence-corrected chi connectivity index (χ2v) is 8.41. The van der Waals surface area contributed by atoms with E-state index in [9.17, 15) is 9.90 Å². The van der Waals surface area contributed by atoms with Gasteiger partial charge in [0, 0.05) is 29.9 Å². The number of carbonyl (C=O) groups excluding carboxylic acids is 1. The first-order valence-electron chi connectivity index (χ1n) is 10.6. The van der Waals surface area contributed by atoms with Crippen LogP contribution in [0.4, 0.5) is 0 Å². The summed E-state index contributed by atoms with van der Waals surface area (Å²) in [7, 11) is 0. The van der Waals surface area contributed by atoms with Gasteiger partial charge in [-0.3, -0.25) is 4.79 Å². The molecule has 1 aliphatic rings. The van der Waals surface area contributed by atoms with Crippen molar-refractivity contribution in [3.63, 3.8) is 0 Å². The van der Waals surface area contributed by atoms with E-state index in [-0.39, 0.29) is 36.7 Å². The normalized spacial score (nSPS) is 21.0. The summed E-state index contributed by atoms with van der Waals surface area (Å²) in [6, 6.07) is 11.8. The van der Waals surface area contributed by atoms with E-state index in [4.69, 9.17) is 9.47 Å². The van der Waals surface area contributed by atoms with E-state index >= 15 is 0 Å². The van der Waals surface area contributed by atoms with Gasteiger partial charge in [0.15, 0.2) is 5.76 Å². The van der Waals surface area contributed by atoms with Gasteiger partial charge >= 0.3 is 0 Å².